The van der Waals surface area contributed by atoms with Crippen molar-refractivity contribution in [3.63, 3.8) is 0 Å². The fourth-order valence-corrected chi connectivity index (χ4v) is 2.51. The van der Waals surface area contributed by atoms with Gasteiger partial charge in [-0.3, -0.25) is 4.98 Å². The minimum atomic E-state index is 0.0346. The van der Waals surface area contributed by atoms with E-state index in [1.54, 1.807) is 12.4 Å². The van der Waals surface area contributed by atoms with Crippen molar-refractivity contribution in [2.45, 2.75) is 24.5 Å². The van der Waals surface area contributed by atoms with E-state index in [-0.39, 0.29) is 11.7 Å². The number of nitrogens with one attached hydrogen (secondary N) is 1. The van der Waals surface area contributed by atoms with Gasteiger partial charge in [0, 0.05) is 19.2 Å². The highest BCUT2D eigenvalue weighted by Gasteiger charge is 2.43. The van der Waals surface area contributed by atoms with Crippen LogP contribution in [0.3, 0.4) is 0 Å². The molecule has 2 saturated heterocycles. The molecule has 1 aromatic heterocycles. The minimum absolute atomic E-state index is 0.0346. The second-order valence-corrected chi connectivity index (χ2v) is 4.55. The lowest BCUT2D eigenvalue weighted by atomic mass is 9.98. The van der Waals surface area contributed by atoms with Gasteiger partial charge in [0.2, 0.25) is 0 Å². The van der Waals surface area contributed by atoms with Gasteiger partial charge in [-0.1, -0.05) is 0 Å². The minimum Gasteiger partial charge on any atom is -0.486 e. The van der Waals surface area contributed by atoms with Crippen molar-refractivity contribution in [2.75, 3.05) is 19.7 Å². The molecule has 3 heterocycles. The van der Waals surface area contributed by atoms with Crippen LogP contribution < -0.4 is 10.1 Å². The van der Waals surface area contributed by atoms with E-state index in [4.69, 9.17) is 9.47 Å². The quantitative estimate of drug-likeness (QED) is 0.807. The van der Waals surface area contributed by atoms with Gasteiger partial charge in [-0.2, -0.15) is 0 Å². The van der Waals surface area contributed by atoms with Crippen molar-refractivity contribution in [2.24, 2.45) is 0 Å². The fourth-order valence-electron chi connectivity index (χ4n) is 2.51. The van der Waals surface area contributed by atoms with Crippen LogP contribution in [0, 0.1) is 0 Å². The molecule has 1 N–H and O–H groups in total. The van der Waals surface area contributed by atoms with E-state index >= 15 is 0 Å². The van der Waals surface area contributed by atoms with Crippen molar-refractivity contribution in [3.05, 3.63) is 24.5 Å². The van der Waals surface area contributed by atoms with Crippen LogP contribution in [-0.2, 0) is 4.74 Å². The second-order valence-electron chi connectivity index (χ2n) is 4.55. The van der Waals surface area contributed by atoms with Crippen molar-refractivity contribution in [3.8, 4) is 5.75 Å². The molecule has 2 fully saturated rings. The predicted octanol–water partition coefficient (Wildman–Crippen LogP) is 0.981. The molecule has 0 unspecified atom stereocenters. The summed E-state index contributed by atoms with van der Waals surface area (Å²) in [7, 11) is 0. The fraction of sp³-hybridized carbons (Fsp3) is 0.583. The average Bonchev–Trinajstić information content (AvgIpc) is 2.92. The molecule has 4 heteroatoms. The lowest BCUT2D eigenvalue weighted by Crippen LogP contribution is -2.31. The molecule has 2 aliphatic heterocycles. The van der Waals surface area contributed by atoms with Crippen molar-refractivity contribution in [1.29, 1.82) is 0 Å². The Morgan fingerprint density at radius 1 is 1.56 bits per heavy atom. The SMILES string of the molecule is c1cncc(O[C@H]2CO[C@]3(CCNC3)C2)c1. The third kappa shape index (κ3) is 1.90. The largest absolute Gasteiger partial charge is 0.486 e. The van der Waals surface area contributed by atoms with Gasteiger partial charge in [0.25, 0.3) is 0 Å². The predicted molar refractivity (Wildman–Crippen MR) is 59.4 cm³/mol. The van der Waals surface area contributed by atoms with Crippen LogP contribution in [0.25, 0.3) is 0 Å². The molecular formula is C12H16N2O2. The number of hydrogen-bond donors (Lipinski definition) is 1. The van der Waals surface area contributed by atoms with E-state index in [0.29, 0.717) is 6.61 Å². The molecule has 0 amide bonds. The van der Waals surface area contributed by atoms with Gasteiger partial charge in [0.05, 0.1) is 18.4 Å². The molecule has 0 aromatic carbocycles. The van der Waals surface area contributed by atoms with Crippen LogP contribution in [-0.4, -0.2) is 36.4 Å². The van der Waals surface area contributed by atoms with Crippen molar-refractivity contribution in [1.82, 2.24) is 10.3 Å². The number of ether oxygens (including phenoxy) is 2. The Bertz CT molecular complexity index is 349. The van der Waals surface area contributed by atoms with E-state index in [9.17, 15) is 0 Å². The first-order chi connectivity index (χ1) is 7.86. The highest BCUT2D eigenvalue weighted by molar-refractivity contribution is 5.16. The highest BCUT2D eigenvalue weighted by Crippen LogP contribution is 2.33. The van der Waals surface area contributed by atoms with Crippen LogP contribution in [0.15, 0.2) is 24.5 Å². The number of pyridine rings is 1. The molecule has 3 rings (SSSR count). The third-order valence-corrected chi connectivity index (χ3v) is 3.32. The van der Waals surface area contributed by atoms with E-state index in [1.165, 1.54) is 0 Å². The molecule has 86 valence electrons. The lowest BCUT2D eigenvalue weighted by Gasteiger charge is -2.20. The summed E-state index contributed by atoms with van der Waals surface area (Å²) in [6, 6.07) is 3.82. The Kier molecular flexibility index (Phi) is 2.53. The summed E-state index contributed by atoms with van der Waals surface area (Å²) >= 11 is 0. The number of nitrogens with zero attached hydrogens (tertiary/aromatic N) is 1. The normalized spacial score (nSPS) is 33.4. The highest BCUT2D eigenvalue weighted by atomic mass is 16.6. The average molecular weight is 220 g/mol. The molecule has 16 heavy (non-hydrogen) atoms. The van der Waals surface area contributed by atoms with Crippen LogP contribution in [0.2, 0.25) is 0 Å². The number of rotatable bonds is 2. The molecule has 4 nitrogen and oxygen atoms in total. The first kappa shape index (κ1) is 10.1. The van der Waals surface area contributed by atoms with Crippen molar-refractivity contribution >= 4 is 0 Å². The topological polar surface area (TPSA) is 43.4 Å². The Morgan fingerprint density at radius 3 is 3.31 bits per heavy atom. The van der Waals surface area contributed by atoms with Gasteiger partial charge in [-0.05, 0) is 25.1 Å². The van der Waals surface area contributed by atoms with Gasteiger partial charge in [0.1, 0.15) is 11.9 Å². The van der Waals surface area contributed by atoms with E-state index in [1.807, 2.05) is 12.1 Å². The van der Waals surface area contributed by atoms with Gasteiger partial charge >= 0.3 is 0 Å². The maximum atomic E-state index is 5.88. The molecule has 2 atom stereocenters. The van der Waals surface area contributed by atoms with Gasteiger partial charge in [0.15, 0.2) is 0 Å². The summed E-state index contributed by atoms with van der Waals surface area (Å²) < 4.78 is 11.7. The summed E-state index contributed by atoms with van der Waals surface area (Å²) in [5, 5.41) is 3.35. The Labute approximate surface area is 95.0 Å². The maximum absolute atomic E-state index is 5.88. The summed E-state index contributed by atoms with van der Waals surface area (Å²) in [6.45, 7) is 2.70. The molecule has 0 saturated carbocycles. The van der Waals surface area contributed by atoms with Crippen LogP contribution in [0.5, 0.6) is 5.75 Å². The zero-order valence-corrected chi connectivity index (χ0v) is 9.19. The summed E-state index contributed by atoms with van der Waals surface area (Å²) in [6.07, 6.45) is 5.75. The molecule has 1 aromatic rings. The third-order valence-electron chi connectivity index (χ3n) is 3.32. The Morgan fingerprint density at radius 2 is 2.56 bits per heavy atom. The molecule has 0 bridgehead atoms. The standard InChI is InChI=1S/C12H16N2O2/c1-2-10(7-13-4-1)16-11-6-12(15-8-11)3-5-14-9-12/h1-2,4,7,11,14H,3,5-6,8-9H2/t11-,12-/m1/s1. The summed E-state index contributed by atoms with van der Waals surface area (Å²) in [4.78, 5) is 4.04. The van der Waals surface area contributed by atoms with Crippen LogP contribution in [0.1, 0.15) is 12.8 Å². The molecule has 0 radical (unpaired) electrons. The molecule has 1 spiro atoms. The zero-order valence-electron chi connectivity index (χ0n) is 9.19. The van der Waals surface area contributed by atoms with Gasteiger partial charge < -0.3 is 14.8 Å². The monoisotopic (exact) mass is 220 g/mol. The molecular weight excluding hydrogens is 204 g/mol. The molecule has 2 aliphatic rings. The Balaban J connectivity index is 1.62. The zero-order chi connectivity index (χ0) is 10.8. The molecule has 0 aliphatic carbocycles. The van der Waals surface area contributed by atoms with Crippen molar-refractivity contribution < 1.29 is 9.47 Å². The summed E-state index contributed by atoms with van der Waals surface area (Å²) in [5.74, 6) is 0.833. The van der Waals surface area contributed by atoms with Gasteiger partial charge in [-0.15, -0.1) is 0 Å². The van der Waals surface area contributed by atoms with Crippen LogP contribution in [0.4, 0.5) is 0 Å². The number of hydrogen-bond acceptors (Lipinski definition) is 4. The first-order valence-corrected chi connectivity index (χ1v) is 5.78. The second kappa shape index (κ2) is 4.03. The first-order valence-electron chi connectivity index (χ1n) is 5.78. The lowest BCUT2D eigenvalue weighted by molar-refractivity contribution is 0.0182. The summed E-state index contributed by atoms with van der Waals surface area (Å²) in [5.41, 5.74) is 0.0346. The van der Waals surface area contributed by atoms with E-state index in [0.717, 1.165) is 31.7 Å². The van der Waals surface area contributed by atoms with Crippen LogP contribution >= 0.6 is 0 Å². The number of aromatic nitrogens is 1. The van der Waals surface area contributed by atoms with Gasteiger partial charge in [-0.25, -0.2) is 0 Å². The van der Waals surface area contributed by atoms with E-state index in [2.05, 4.69) is 10.3 Å². The maximum Gasteiger partial charge on any atom is 0.138 e. The smallest absolute Gasteiger partial charge is 0.138 e. The van der Waals surface area contributed by atoms with E-state index < -0.39 is 0 Å². The Hall–Kier alpha value is -1.13.